The van der Waals surface area contributed by atoms with E-state index in [9.17, 15) is 4.79 Å². The molecule has 0 fully saturated rings. The maximum absolute atomic E-state index is 13.0. The van der Waals surface area contributed by atoms with Gasteiger partial charge in [-0.1, -0.05) is 29.8 Å². The first-order valence-electron chi connectivity index (χ1n) is 9.94. The number of ether oxygens (including phenoxy) is 3. The van der Waals surface area contributed by atoms with Crippen molar-refractivity contribution in [3.63, 3.8) is 0 Å². The number of carbonyl (C=O) groups excluding carboxylic acids is 1. The summed E-state index contributed by atoms with van der Waals surface area (Å²) in [6, 6.07) is 13.3. The fourth-order valence-corrected chi connectivity index (χ4v) is 4.16. The first kappa shape index (κ1) is 20.2. The quantitative estimate of drug-likeness (QED) is 0.587. The van der Waals surface area contributed by atoms with Gasteiger partial charge in [0.2, 0.25) is 0 Å². The van der Waals surface area contributed by atoms with E-state index in [-0.39, 0.29) is 12.0 Å². The van der Waals surface area contributed by atoms with Crippen molar-refractivity contribution in [1.82, 2.24) is 5.32 Å². The van der Waals surface area contributed by atoms with Crippen molar-refractivity contribution in [3.05, 3.63) is 64.9 Å². The highest BCUT2D eigenvalue weighted by atomic mass is 32.1. The Labute approximate surface area is 181 Å². The molecule has 30 heavy (non-hydrogen) atoms. The van der Waals surface area contributed by atoms with Crippen LogP contribution in [-0.4, -0.2) is 30.9 Å². The number of anilines is 1. The number of carbonyl (C=O) groups is 1. The average molecular weight is 425 g/mol. The van der Waals surface area contributed by atoms with Gasteiger partial charge in [0.15, 0.2) is 16.6 Å². The maximum Gasteiger partial charge on any atom is 0.338 e. The Hall–Kier alpha value is -3.06. The molecule has 0 aromatic heterocycles. The normalized spacial score (nSPS) is 18.2. The number of nitrogens with one attached hydrogen (secondary N) is 1. The molecule has 1 atom stereocenters. The van der Waals surface area contributed by atoms with Crippen LogP contribution in [0.25, 0.3) is 0 Å². The van der Waals surface area contributed by atoms with Gasteiger partial charge in [0, 0.05) is 11.8 Å². The van der Waals surface area contributed by atoms with E-state index in [2.05, 4.69) is 5.32 Å². The number of benzene rings is 2. The summed E-state index contributed by atoms with van der Waals surface area (Å²) in [6.07, 6.45) is 0. The van der Waals surface area contributed by atoms with Crippen LogP contribution in [0.4, 0.5) is 5.69 Å². The number of nitrogens with zero attached hydrogens (tertiary/aromatic N) is 1. The third-order valence-electron chi connectivity index (χ3n) is 5.14. The van der Waals surface area contributed by atoms with E-state index in [0.29, 0.717) is 42.0 Å². The Morgan fingerprint density at radius 2 is 1.93 bits per heavy atom. The number of hydrogen-bond acceptors (Lipinski definition) is 5. The summed E-state index contributed by atoms with van der Waals surface area (Å²) in [7, 11) is 0. The summed E-state index contributed by atoms with van der Waals surface area (Å²) in [4.78, 5) is 14.8. The predicted molar refractivity (Wildman–Crippen MR) is 119 cm³/mol. The van der Waals surface area contributed by atoms with Crippen LogP contribution in [0.5, 0.6) is 11.5 Å². The van der Waals surface area contributed by atoms with E-state index in [0.717, 1.165) is 22.5 Å². The number of thiocarbonyl (C=S) groups is 1. The number of aryl methyl sites for hydroxylation is 1. The maximum atomic E-state index is 13.0. The second kappa shape index (κ2) is 8.36. The molecule has 0 unspecified atom stereocenters. The Morgan fingerprint density at radius 1 is 1.17 bits per heavy atom. The molecule has 1 N–H and O–H groups in total. The molecule has 0 saturated carbocycles. The first-order valence-corrected chi connectivity index (χ1v) is 10.3. The molecule has 2 aromatic carbocycles. The lowest BCUT2D eigenvalue weighted by Crippen LogP contribution is -2.48. The summed E-state index contributed by atoms with van der Waals surface area (Å²) in [6.45, 7) is 7.03. The van der Waals surface area contributed by atoms with Crippen LogP contribution in [0, 0.1) is 6.92 Å². The fourth-order valence-electron chi connectivity index (χ4n) is 3.80. The Balaban J connectivity index is 1.81. The van der Waals surface area contributed by atoms with Crippen LogP contribution in [0.2, 0.25) is 0 Å². The van der Waals surface area contributed by atoms with Gasteiger partial charge in [0.25, 0.3) is 0 Å². The predicted octanol–water partition coefficient (Wildman–Crippen LogP) is 4.04. The van der Waals surface area contributed by atoms with E-state index >= 15 is 0 Å². The molecule has 0 aliphatic carbocycles. The van der Waals surface area contributed by atoms with Crippen LogP contribution in [0.3, 0.4) is 0 Å². The number of hydrogen-bond donors (Lipinski definition) is 1. The van der Waals surface area contributed by atoms with Gasteiger partial charge in [-0.05, 0) is 50.7 Å². The van der Waals surface area contributed by atoms with Crippen molar-refractivity contribution in [3.8, 4) is 11.5 Å². The molecule has 4 rings (SSSR count). The van der Waals surface area contributed by atoms with Gasteiger partial charge < -0.3 is 19.5 Å². The smallest absolute Gasteiger partial charge is 0.338 e. The zero-order chi connectivity index (χ0) is 21.3. The minimum absolute atomic E-state index is 0.296. The van der Waals surface area contributed by atoms with Crippen LogP contribution in [-0.2, 0) is 9.53 Å². The van der Waals surface area contributed by atoms with Crippen molar-refractivity contribution in [2.75, 3.05) is 24.7 Å². The molecular weight excluding hydrogens is 400 g/mol. The molecule has 0 spiro atoms. The van der Waals surface area contributed by atoms with Crippen LogP contribution >= 0.6 is 12.2 Å². The van der Waals surface area contributed by atoms with Gasteiger partial charge in [0.05, 0.1) is 23.9 Å². The minimum atomic E-state index is -0.384. The lowest BCUT2D eigenvalue weighted by Gasteiger charge is -2.38. The first-order chi connectivity index (χ1) is 14.5. The lowest BCUT2D eigenvalue weighted by atomic mass is 9.94. The highest BCUT2D eigenvalue weighted by molar-refractivity contribution is 7.80. The van der Waals surface area contributed by atoms with Gasteiger partial charge in [-0.25, -0.2) is 4.79 Å². The minimum Gasteiger partial charge on any atom is -0.486 e. The molecule has 7 heteroatoms. The van der Waals surface area contributed by atoms with Gasteiger partial charge in [-0.15, -0.1) is 0 Å². The third kappa shape index (κ3) is 3.73. The van der Waals surface area contributed by atoms with Gasteiger partial charge >= 0.3 is 5.97 Å². The second-order valence-corrected chi connectivity index (χ2v) is 7.57. The molecule has 2 heterocycles. The van der Waals surface area contributed by atoms with Gasteiger partial charge in [-0.3, -0.25) is 4.90 Å². The zero-order valence-corrected chi connectivity index (χ0v) is 18.0. The highest BCUT2D eigenvalue weighted by Crippen LogP contribution is 2.38. The molecule has 0 radical (unpaired) electrons. The molecular formula is C23H24N2O4S. The monoisotopic (exact) mass is 424 g/mol. The Kier molecular flexibility index (Phi) is 5.63. The number of rotatable bonds is 4. The van der Waals surface area contributed by atoms with Crippen LogP contribution in [0.1, 0.15) is 31.0 Å². The highest BCUT2D eigenvalue weighted by Gasteiger charge is 2.35. The third-order valence-corrected chi connectivity index (χ3v) is 5.44. The van der Waals surface area contributed by atoms with Crippen LogP contribution < -0.4 is 19.7 Å². The van der Waals surface area contributed by atoms with Crippen LogP contribution in [0.15, 0.2) is 53.7 Å². The average Bonchev–Trinajstić information content (AvgIpc) is 2.73. The Morgan fingerprint density at radius 3 is 2.67 bits per heavy atom. The molecule has 6 nitrogen and oxygen atoms in total. The van der Waals surface area contributed by atoms with Crippen molar-refractivity contribution in [1.29, 1.82) is 0 Å². The molecule has 2 aliphatic heterocycles. The van der Waals surface area contributed by atoms with Gasteiger partial charge in [0.1, 0.15) is 13.2 Å². The summed E-state index contributed by atoms with van der Waals surface area (Å²) in [5.74, 6) is 0.998. The molecule has 2 aromatic rings. The molecule has 0 saturated heterocycles. The lowest BCUT2D eigenvalue weighted by molar-refractivity contribution is -0.139. The fraction of sp³-hybridized carbons (Fsp3) is 0.304. The van der Waals surface area contributed by atoms with Gasteiger partial charge in [-0.2, -0.15) is 0 Å². The molecule has 0 bridgehead atoms. The van der Waals surface area contributed by atoms with E-state index in [1.165, 1.54) is 0 Å². The number of allylic oxidation sites excluding steroid dienone is 1. The zero-order valence-electron chi connectivity index (χ0n) is 17.2. The van der Waals surface area contributed by atoms with E-state index in [1.807, 2.05) is 61.2 Å². The van der Waals surface area contributed by atoms with Crippen molar-refractivity contribution >= 4 is 29.0 Å². The summed E-state index contributed by atoms with van der Waals surface area (Å²) in [5.41, 5.74) is 4.11. The van der Waals surface area contributed by atoms with Crippen molar-refractivity contribution < 1.29 is 19.0 Å². The topological polar surface area (TPSA) is 60.0 Å². The van der Waals surface area contributed by atoms with E-state index in [1.54, 1.807) is 6.92 Å². The summed E-state index contributed by atoms with van der Waals surface area (Å²) in [5, 5.41) is 3.84. The Bertz CT molecular complexity index is 1030. The number of esters is 1. The summed E-state index contributed by atoms with van der Waals surface area (Å²) >= 11 is 5.71. The largest absolute Gasteiger partial charge is 0.486 e. The second-order valence-electron chi connectivity index (χ2n) is 7.18. The molecule has 156 valence electrons. The molecule has 0 amide bonds. The van der Waals surface area contributed by atoms with E-state index in [4.69, 9.17) is 26.4 Å². The summed E-state index contributed by atoms with van der Waals surface area (Å²) < 4.78 is 16.7. The SMILES string of the molecule is CCOC(=O)C1=C(C)N(c2ccc3c(c2)OCCO3)C(=S)N[C@H]1c1cccc(C)c1. The van der Waals surface area contributed by atoms with Crippen molar-refractivity contribution in [2.45, 2.75) is 26.8 Å². The van der Waals surface area contributed by atoms with Crippen molar-refractivity contribution in [2.24, 2.45) is 0 Å². The van der Waals surface area contributed by atoms with E-state index < -0.39 is 0 Å². The standard InChI is InChI=1S/C23H24N2O4S/c1-4-27-22(26)20-15(3)25(17-8-9-18-19(13-17)29-11-10-28-18)23(30)24-21(20)16-7-5-6-14(2)12-16/h5-9,12-13,21H,4,10-11H2,1-3H3,(H,24,30)/t21-/m0/s1. The number of fused-ring (bicyclic) bond motifs is 1. The molecule has 2 aliphatic rings.